The summed E-state index contributed by atoms with van der Waals surface area (Å²) < 4.78 is 0. The van der Waals surface area contributed by atoms with Gasteiger partial charge in [0.15, 0.2) is 0 Å². The zero-order chi connectivity index (χ0) is 10.8. The maximum Gasteiger partial charge on any atom is 0.142 e. The lowest BCUT2D eigenvalue weighted by Crippen LogP contribution is -2.01. The van der Waals surface area contributed by atoms with E-state index in [-0.39, 0.29) is 6.04 Å². The molecule has 0 fully saturated rings. The molecule has 1 atom stereocenters. The predicted octanol–water partition coefficient (Wildman–Crippen LogP) is 1.93. The summed E-state index contributed by atoms with van der Waals surface area (Å²) in [6, 6.07) is 1.88. The molecule has 0 saturated carbocycles. The van der Waals surface area contributed by atoms with Crippen LogP contribution < -0.4 is 5.73 Å². The van der Waals surface area contributed by atoms with Gasteiger partial charge >= 0.3 is 0 Å². The van der Waals surface area contributed by atoms with E-state index < -0.39 is 0 Å². The topological polar surface area (TPSA) is 64.7 Å². The third-order valence-electron chi connectivity index (χ3n) is 1.97. The molecule has 2 rings (SSSR count). The Balaban J connectivity index is 2.37. The van der Waals surface area contributed by atoms with Crippen LogP contribution in [0.15, 0.2) is 18.5 Å². The third kappa shape index (κ3) is 2.19. The van der Waals surface area contributed by atoms with E-state index in [0.717, 1.165) is 21.4 Å². The molecule has 2 aromatic heterocycles. The van der Waals surface area contributed by atoms with Crippen LogP contribution in [0, 0.1) is 6.92 Å². The summed E-state index contributed by atoms with van der Waals surface area (Å²) >= 11 is 1.58. The van der Waals surface area contributed by atoms with E-state index in [1.807, 2.05) is 26.1 Å². The van der Waals surface area contributed by atoms with Gasteiger partial charge in [-0.3, -0.25) is 0 Å². The number of nitrogens with two attached hydrogens (primary N) is 1. The van der Waals surface area contributed by atoms with E-state index in [1.54, 1.807) is 17.5 Å². The number of hydrogen-bond donors (Lipinski definition) is 1. The number of aryl methyl sites for hydroxylation is 1. The quantitative estimate of drug-likeness (QED) is 0.839. The third-order valence-corrected chi connectivity index (χ3v) is 3.19. The van der Waals surface area contributed by atoms with Gasteiger partial charge in [-0.05, 0) is 19.9 Å². The number of thiazole rings is 1. The molecule has 0 aliphatic carbocycles. The highest BCUT2D eigenvalue weighted by Gasteiger charge is 2.08. The fraction of sp³-hybridized carbons (Fsp3) is 0.300. The van der Waals surface area contributed by atoms with E-state index in [0.29, 0.717) is 0 Å². The predicted molar refractivity (Wildman–Crippen MR) is 60.5 cm³/mol. The number of aromatic nitrogens is 3. The largest absolute Gasteiger partial charge is 0.323 e. The van der Waals surface area contributed by atoms with Gasteiger partial charge in [0.25, 0.3) is 0 Å². The summed E-state index contributed by atoms with van der Waals surface area (Å²) in [6.45, 7) is 3.81. The summed E-state index contributed by atoms with van der Waals surface area (Å²) in [5.41, 5.74) is 6.63. The Morgan fingerprint density at radius 2 is 2.20 bits per heavy atom. The Morgan fingerprint density at radius 1 is 1.40 bits per heavy atom. The van der Waals surface area contributed by atoms with E-state index in [4.69, 9.17) is 5.73 Å². The van der Waals surface area contributed by atoms with E-state index in [9.17, 15) is 0 Å². The van der Waals surface area contributed by atoms with Gasteiger partial charge in [0.05, 0.1) is 0 Å². The second-order valence-corrected chi connectivity index (χ2v) is 4.41. The molecule has 1 unspecified atom stereocenters. The van der Waals surface area contributed by atoms with Gasteiger partial charge in [-0.1, -0.05) is 0 Å². The monoisotopic (exact) mass is 220 g/mol. The molecule has 2 heterocycles. The van der Waals surface area contributed by atoms with E-state index >= 15 is 0 Å². The maximum atomic E-state index is 5.77. The molecule has 0 aliphatic rings. The highest BCUT2D eigenvalue weighted by atomic mass is 32.1. The van der Waals surface area contributed by atoms with Crippen molar-refractivity contribution >= 4 is 11.3 Å². The molecular weight excluding hydrogens is 208 g/mol. The number of rotatable bonds is 2. The van der Waals surface area contributed by atoms with Crippen LogP contribution in [-0.2, 0) is 0 Å². The fourth-order valence-electron chi connectivity index (χ4n) is 1.19. The summed E-state index contributed by atoms with van der Waals surface area (Å²) in [5.74, 6) is 0.755. The standard InChI is InChI=1S/C10H12N4S/c1-6(11)9-5-13-10(15-9)8-3-4-12-7(2)14-8/h3-6H,11H2,1-2H3. The summed E-state index contributed by atoms with van der Waals surface area (Å²) in [6.07, 6.45) is 3.55. The first-order valence-corrected chi connectivity index (χ1v) is 5.50. The summed E-state index contributed by atoms with van der Waals surface area (Å²) in [5, 5.41) is 0.896. The lowest BCUT2D eigenvalue weighted by molar-refractivity contribution is 0.835. The Bertz CT molecular complexity index is 464. The van der Waals surface area contributed by atoms with Crippen molar-refractivity contribution in [3.05, 3.63) is 29.2 Å². The molecule has 2 aromatic rings. The van der Waals surface area contributed by atoms with Crippen molar-refractivity contribution in [2.45, 2.75) is 19.9 Å². The molecule has 78 valence electrons. The molecule has 0 aliphatic heterocycles. The zero-order valence-electron chi connectivity index (χ0n) is 8.64. The first-order valence-electron chi connectivity index (χ1n) is 4.68. The van der Waals surface area contributed by atoms with Gasteiger partial charge in [0.2, 0.25) is 0 Å². The van der Waals surface area contributed by atoms with Crippen LogP contribution >= 0.6 is 11.3 Å². The normalized spacial score (nSPS) is 12.7. The molecule has 4 nitrogen and oxygen atoms in total. The average Bonchev–Trinajstić information content (AvgIpc) is 2.66. The summed E-state index contributed by atoms with van der Waals surface area (Å²) in [4.78, 5) is 13.7. The molecule has 5 heteroatoms. The van der Waals surface area contributed by atoms with Crippen LogP contribution in [0.1, 0.15) is 23.7 Å². The second kappa shape index (κ2) is 4.04. The molecule has 0 aromatic carbocycles. The van der Waals surface area contributed by atoms with E-state index in [2.05, 4.69) is 15.0 Å². The van der Waals surface area contributed by atoms with Crippen LogP contribution in [0.4, 0.5) is 0 Å². The van der Waals surface area contributed by atoms with Gasteiger partial charge in [0, 0.05) is 23.3 Å². The van der Waals surface area contributed by atoms with Crippen LogP contribution in [0.3, 0.4) is 0 Å². The smallest absolute Gasteiger partial charge is 0.142 e. The molecule has 0 saturated heterocycles. The Hall–Kier alpha value is -1.33. The van der Waals surface area contributed by atoms with Gasteiger partial charge in [0.1, 0.15) is 16.5 Å². The summed E-state index contributed by atoms with van der Waals surface area (Å²) in [7, 11) is 0. The SMILES string of the molecule is Cc1nccc(-c2ncc(C(C)N)s2)n1. The van der Waals surface area contributed by atoms with Crippen molar-refractivity contribution < 1.29 is 0 Å². The van der Waals surface area contributed by atoms with E-state index in [1.165, 1.54) is 0 Å². The maximum absolute atomic E-state index is 5.77. The van der Waals surface area contributed by atoms with Crippen LogP contribution in [0.5, 0.6) is 0 Å². The van der Waals surface area contributed by atoms with Crippen molar-refractivity contribution in [2.24, 2.45) is 5.73 Å². The van der Waals surface area contributed by atoms with Crippen molar-refractivity contribution in [1.82, 2.24) is 15.0 Å². The highest BCUT2D eigenvalue weighted by molar-refractivity contribution is 7.15. The lowest BCUT2D eigenvalue weighted by Gasteiger charge is -1.97. The molecule has 0 radical (unpaired) electrons. The van der Waals surface area contributed by atoms with Crippen molar-refractivity contribution in [2.75, 3.05) is 0 Å². The van der Waals surface area contributed by atoms with Crippen molar-refractivity contribution in [3.8, 4) is 10.7 Å². The minimum atomic E-state index is 0.0270. The highest BCUT2D eigenvalue weighted by Crippen LogP contribution is 2.26. The first-order chi connectivity index (χ1) is 7.16. The Kier molecular flexibility index (Phi) is 2.75. The van der Waals surface area contributed by atoms with Gasteiger partial charge in [-0.25, -0.2) is 15.0 Å². The van der Waals surface area contributed by atoms with Gasteiger partial charge in [-0.15, -0.1) is 11.3 Å². The minimum absolute atomic E-state index is 0.0270. The number of hydrogen-bond acceptors (Lipinski definition) is 5. The van der Waals surface area contributed by atoms with Crippen molar-refractivity contribution in [1.29, 1.82) is 0 Å². The lowest BCUT2D eigenvalue weighted by atomic mass is 10.3. The minimum Gasteiger partial charge on any atom is -0.323 e. The van der Waals surface area contributed by atoms with Crippen molar-refractivity contribution in [3.63, 3.8) is 0 Å². The fourth-order valence-corrected chi connectivity index (χ4v) is 2.03. The molecule has 0 bridgehead atoms. The molecule has 2 N–H and O–H groups in total. The molecule has 0 amide bonds. The van der Waals surface area contributed by atoms with Gasteiger partial charge < -0.3 is 5.73 Å². The van der Waals surface area contributed by atoms with Gasteiger partial charge in [-0.2, -0.15) is 0 Å². The van der Waals surface area contributed by atoms with Crippen LogP contribution in [-0.4, -0.2) is 15.0 Å². The molecular formula is C10H12N4S. The molecule has 15 heavy (non-hydrogen) atoms. The average molecular weight is 220 g/mol. The first kappa shape index (κ1) is 10.2. The Morgan fingerprint density at radius 3 is 2.80 bits per heavy atom. The second-order valence-electron chi connectivity index (χ2n) is 3.35. The Labute approximate surface area is 92.2 Å². The number of nitrogens with zero attached hydrogens (tertiary/aromatic N) is 3. The molecule has 0 spiro atoms. The van der Waals surface area contributed by atoms with Crippen LogP contribution in [0.2, 0.25) is 0 Å². The zero-order valence-corrected chi connectivity index (χ0v) is 9.45. The van der Waals surface area contributed by atoms with Crippen LogP contribution in [0.25, 0.3) is 10.7 Å².